The van der Waals surface area contributed by atoms with Crippen LogP contribution in [0, 0.1) is 46.8 Å². The first kappa shape index (κ1) is 18.2. The molecule has 4 aliphatic rings. The molecule has 4 rings (SSSR count). The van der Waals surface area contributed by atoms with Gasteiger partial charge in [0.15, 0.2) is 5.78 Å². The van der Waals surface area contributed by atoms with Gasteiger partial charge in [0, 0.05) is 17.8 Å². The maximum absolute atomic E-state index is 12.3. The second-order valence-electron chi connectivity index (χ2n) is 9.64. The quantitative estimate of drug-likeness (QED) is 0.627. The Hall–Kier alpha value is -1.15. The first-order chi connectivity index (χ1) is 12.2. The Balaban J connectivity index is 1.73. The number of terminal acetylenes is 1. The lowest BCUT2D eigenvalue weighted by atomic mass is 9.45. The zero-order chi connectivity index (χ0) is 18.9. The Bertz CT molecular complexity index is 705. The number of carbonyl (C=O) groups excluding carboxylic acids is 1. The molecule has 8 atom stereocenters. The van der Waals surface area contributed by atoms with E-state index in [0.717, 1.165) is 25.7 Å². The van der Waals surface area contributed by atoms with Gasteiger partial charge in [0.1, 0.15) is 5.60 Å². The van der Waals surface area contributed by atoms with E-state index in [2.05, 4.69) is 19.8 Å². The maximum atomic E-state index is 12.3. The van der Waals surface area contributed by atoms with E-state index in [1.807, 2.05) is 0 Å². The third-order valence-corrected chi connectivity index (χ3v) is 8.70. The highest BCUT2D eigenvalue weighted by Gasteiger charge is 2.67. The second-order valence-corrected chi connectivity index (χ2v) is 9.64. The van der Waals surface area contributed by atoms with E-state index in [0.29, 0.717) is 18.3 Å². The second kappa shape index (κ2) is 5.67. The van der Waals surface area contributed by atoms with Crippen molar-refractivity contribution in [2.45, 2.75) is 64.1 Å². The molecule has 0 aromatic heterocycles. The predicted molar refractivity (Wildman–Crippen MR) is 97.8 cm³/mol. The van der Waals surface area contributed by atoms with E-state index < -0.39 is 17.1 Å². The average Bonchev–Trinajstić information content (AvgIpc) is 2.81. The summed E-state index contributed by atoms with van der Waals surface area (Å²) in [6, 6.07) is 0. The monoisotopic (exact) mass is 358 g/mol. The molecule has 4 heteroatoms. The largest absolute Gasteiger partial charge is 0.396 e. The van der Waals surface area contributed by atoms with Crippen molar-refractivity contribution in [3.63, 3.8) is 0 Å². The van der Waals surface area contributed by atoms with Crippen molar-refractivity contribution in [3.8, 4) is 12.3 Å². The molecular weight excluding hydrogens is 328 g/mol. The van der Waals surface area contributed by atoms with Crippen molar-refractivity contribution in [3.05, 3.63) is 11.6 Å². The summed E-state index contributed by atoms with van der Waals surface area (Å²) in [5.74, 6) is 2.99. The Labute approximate surface area is 155 Å². The highest BCUT2D eigenvalue weighted by Crippen LogP contribution is 2.67. The van der Waals surface area contributed by atoms with Crippen molar-refractivity contribution in [2.24, 2.45) is 34.5 Å². The van der Waals surface area contributed by atoms with Gasteiger partial charge < -0.3 is 15.3 Å². The fraction of sp³-hybridized carbons (Fsp3) is 0.773. The molecule has 4 nitrogen and oxygen atoms in total. The van der Waals surface area contributed by atoms with Gasteiger partial charge in [0.25, 0.3) is 0 Å². The Morgan fingerprint density at radius 2 is 2.04 bits per heavy atom. The van der Waals surface area contributed by atoms with Gasteiger partial charge in [-0.3, -0.25) is 4.79 Å². The summed E-state index contributed by atoms with van der Waals surface area (Å²) >= 11 is 0. The van der Waals surface area contributed by atoms with Crippen molar-refractivity contribution < 1.29 is 20.1 Å². The average molecular weight is 358 g/mol. The topological polar surface area (TPSA) is 77.8 Å². The van der Waals surface area contributed by atoms with Crippen LogP contribution in [0.1, 0.15) is 52.4 Å². The van der Waals surface area contributed by atoms with Gasteiger partial charge in [-0.05, 0) is 61.3 Å². The van der Waals surface area contributed by atoms with Crippen LogP contribution in [0.3, 0.4) is 0 Å². The summed E-state index contributed by atoms with van der Waals surface area (Å²) in [6.45, 7) is 4.19. The van der Waals surface area contributed by atoms with Crippen molar-refractivity contribution >= 4 is 5.78 Å². The Kier molecular flexibility index (Phi) is 3.98. The SMILES string of the molecule is C#C[C@]1(O)C[C@@H](O)[C@H]2[C@@H]3CCC4=CC(=O)[C@H](CO)C[C@]4(C)[C@H]3CC[C@@]21C. The summed E-state index contributed by atoms with van der Waals surface area (Å²) in [6.07, 6.45) is 11.4. The zero-order valence-electron chi connectivity index (χ0n) is 15.7. The molecular formula is C22H30O4. The molecule has 0 radical (unpaired) electrons. The van der Waals surface area contributed by atoms with Crippen molar-refractivity contribution in [1.82, 2.24) is 0 Å². The maximum Gasteiger partial charge on any atom is 0.161 e. The minimum atomic E-state index is -1.24. The summed E-state index contributed by atoms with van der Waals surface area (Å²) in [7, 11) is 0. The number of aliphatic hydroxyl groups excluding tert-OH is 2. The number of aliphatic hydroxyl groups is 3. The lowest BCUT2D eigenvalue weighted by Crippen LogP contribution is -2.56. The molecule has 3 fully saturated rings. The molecule has 0 amide bonds. The molecule has 0 heterocycles. The molecule has 0 aliphatic heterocycles. The summed E-state index contributed by atoms with van der Waals surface area (Å²) < 4.78 is 0. The van der Waals surface area contributed by atoms with Gasteiger partial charge in [-0.2, -0.15) is 0 Å². The predicted octanol–water partition coefficient (Wildman–Crippen LogP) is 2.07. The molecule has 0 aromatic rings. The smallest absolute Gasteiger partial charge is 0.161 e. The van der Waals surface area contributed by atoms with Gasteiger partial charge in [0.05, 0.1) is 12.7 Å². The lowest BCUT2D eigenvalue weighted by molar-refractivity contribution is -0.129. The zero-order valence-corrected chi connectivity index (χ0v) is 15.7. The first-order valence-corrected chi connectivity index (χ1v) is 9.94. The highest BCUT2D eigenvalue weighted by atomic mass is 16.3. The number of allylic oxidation sites excluding steroid dienone is 1. The van der Waals surface area contributed by atoms with Crippen LogP contribution < -0.4 is 0 Å². The molecule has 0 bridgehead atoms. The lowest BCUT2D eigenvalue weighted by Gasteiger charge is -2.59. The third kappa shape index (κ3) is 2.11. The summed E-state index contributed by atoms with van der Waals surface area (Å²) in [5, 5.41) is 31.5. The molecule has 4 aliphatic carbocycles. The van der Waals surface area contributed by atoms with E-state index in [1.54, 1.807) is 6.08 Å². The van der Waals surface area contributed by atoms with Crippen LogP contribution in [0.15, 0.2) is 11.6 Å². The van der Waals surface area contributed by atoms with Crippen LogP contribution in [-0.2, 0) is 4.79 Å². The van der Waals surface area contributed by atoms with E-state index >= 15 is 0 Å². The third-order valence-electron chi connectivity index (χ3n) is 8.70. The standard InChI is InChI=1S/C22H30O4/c1-4-22(26)11-18(25)19-15-6-5-14-9-17(24)13(12-23)10-20(14,2)16(15)7-8-21(19,22)3/h1,9,13,15-16,18-19,23,25-26H,5-8,10-12H2,2-3H3/t13-,15+,16-,18+,19+,20-,21-,22-/m0/s1. The number of fused-ring (bicyclic) bond motifs is 5. The molecule has 0 saturated heterocycles. The van der Waals surface area contributed by atoms with Crippen LogP contribution in [0.2, 0.25) is 0 Å². The molecule has 0 spiro atoms. The van der Waals surface area contributed by atoms with Crippen molar-refractivity contribution in [2.75, 3.05) is 6.61 Å². The Morgan fingerprint density at radius 3 is 2.69 bits per heavy atom. The molecule has 3 saturated carbocycles. The molecule has 0 aromatic carbocycles. The van der Waals surface area contributed by atoms with Gasteiger partial charge in [-0.15, -0.1) is 6.42 Å². The number of ketones is 1. The van der Waals surface area contributed by atoms with E-state index in [9.17, 15) is 20.1 Å². The van der Waals surface area contributed by atoms with Crippen molar-refractivity contribution in [1.29, 1.82) is 0 Å². The van der Waals surface area contributed by atoms with Gasteiger partial charge in [-0.25, -0.2) is 0 Å². The summed E-state index contributed by atoms with van der Waals surface area (Å²) in [5.41, 5.74) is -0.588. The molecule has 26 heavy (non-hydrogen) atoms. The summed E-state index contributed by atoms with van der Waals surface area (Å²) in [4.78, 5) is 12.3. The Morgan fingerprint density at radius 1 is 1.31 bits per heavy atom. The number of carbonyl (C=O) groups is 1. The minimum absolute atomic E-state index is 0.00844. The first-order valence-electron chi connectivity index (χ1n) is 9.94. The van der Waals surface area contributed by atoms with E-state index in [1.165, 1.54) is 5.57 Å². The molecule has 3 N–H and O–H groups in total. The van der Waals surface area contributed by atoms with E-state index in [4.69, 9.17) is 6.42 Å². The number of rotatable bonds is 1. The van der Waals surface area contributed by atoms with Gasteiger partial charge >= 0.3 is 0 Å². The van der Waals surface area contributed by atoms with Crippen LogP contribution in [0.5, 0.6) is 0 Å². The van der Waals surface area contributed by atoms with Crippen LogP contribution in [0.25, 0.3) is 0 Å². The minimum Gasteiger partial charge on any atom is -0.396 e. The van der Waals surface area contributed by atoms with Crippen LogP contribution >= 0.6 is 0 Å². The van der Waals surface area contributed by atoms with Crippen LogP contribution in [-0.4, -0.2) is 39.4 Å². The fourth-order valence-electron chi connectivity index (χ4n) is 7.23. The van der Waals surface area contributed by atoms with E-state index in [-0.39, 0.29) is 36.1 Å². The number of hydrogen-bond acceptors (Lipinski definition) is 4. The normalized spacial score (nSPS) is 53.2. The molecule has 142 valence electrons. The van der Waals surface area contributed by atoms with Gasteiger partial charge in [0.2, 0.25) is 0 Å². The fourth-order valence-corrected chi connectivity index (χ4v) is 7.23. The molecule has 0 unspecified atom stereocenters. The number of hydrogen-bond donors (Lipinski definition) is 3. The highest BCUT2D eigenvalue weighted by molar-refractivity contribution is 5.93. The van der Waals surface area contributed by atoms with Crippen LogP contribution in [0.4, 0.5) is 0 Å². The van der Waals surface area contributed by atoms with Gasteiger partial charge in [-0.1, -0.05) is 25.3 Å².